The maximum atomic E-state index is 12.0. The SMILES string of the molecule is Cc1ccc(C(=O)O)cc1NC(=O)c1ccc([N+](=O)[O-])[nH]1. The number of carbonyl (C=O) groups excluding carboxylic acids is 1. The minimum atomic E-state index is -1.11. The average molecular weight is 289 g/mol. The Hall–Kier alpha value is -3.16. The highest BCUT2D eigenvalue weighted by molar-refractivity contribution is 6.04. The van der Waals surface area contributed by atoms with Crippen molar-refractivity contribution in [3.05, 3.63) is 57.3 Å². The van der Waals surface area contributed by atoms with Gasteiger partial charge in [-0.3, -0.25) is 4.79 Å². The smallest absolute Gasteiger partial charge is 0.335 e. The first-order valence-corrected chi connectivity index (χ1v) is 5.87. The van der Waals surface area contributed by atoms with E-state index in [1.807, 2.05) is 0 Å². The van der Waals surface area contributed by atoms with Crippen LogP contribution in [-0.4, -0.2) is 26.9 Å². The lowest BCUT2D eigenvalue weighted by Crippen LogP contribution is -2.14. The standard InChI is InChI=1S/C13H11N3O5/c1-7-2-3-8(13(18)19)6-10(7)15-12(17)9-4-5-11(14-9)16(20)21/h2-6,14H,1H3,(H,15,17)(H,18,19). The molecule has 0 aliphatic carbocycles. The number of carboxylic acid groups (broad SMARTS) is 1. The van der Waals surface area contributed by atoms with Gasteiger partial charge in [-0.05, 0) is 35.6 Å². The number of nitrogens with one attached hydrogen (secondary N) is 2. The van der Waals surface area contributed by atoms with Crippen molar-refractivity contribution in [1.29, 1.82) is 0 Å². The third-order valence-corrected chi connectivity index (χ3v) is 2.84. The number of benzene rings is 1. The number of hydrogen-bond donors (Lipinski definition) is 3. The molecule has 0 aliphatic rings. The van der Waals surface area contributed by atoms with Crippen molar-refractivity contribution in [3.63, 3.8) is 0 Å². The molecule has 0 atom stereocenters. The van der Waals surface area contributed by atoms with E-state index < -0.39 is 16.8 Å². The van der Waals surface area contributed by atoms with Crippen molar-refractivity contribution in [2.24, 2.45) is 0 Å². The van der Waals surface area contributed by atoms with Gasteiger partial charge in [0.25, 0.3) is 5.91 Å². The lowest BCUT2D eigenvalue weighted by atomic mass is 10.1. The van der Waals surface area contributed by atoms with E-state index in [0.29, 0.717) is 11.3 Å². The van der Waals surface area contributed by atoms with E-state index in [9.17, 15) is 19.7 Å². The second kappa shape index (κ2) is 5.45. The van der Waals surface area contributed by atoms with E-state index in [1.165, 1.54) is 24.3 Å². The van der Waals surface area contributed by atoms with Crippen molar-refractivity contribution in [2.45, 2.75) is 6.92 Å². The average Bonchev–Trinajstić information content (AvgIpc) is 2.90. The fourth-order valence-corrected chi connectivity index (χ4v) is 1.70. The van der Waals surface area contributed by atoms with Gasteiger partial charge in [-0.25, -0.2) is 9.78 Å². The summed E-state index contributed by atoms with van der Waals surface area (Å²) in [6, 6.07) is 6.77. The number of rotatable bonds is 4. The summed E-state index contributed by atoms with van der Waals surface area (Å²) < 4.78 is 0. The molecule has 0 unspecified atom stereocenters. The van der Waals surface area contributed by atoms with E-state index in [1.54, 1.807) is 13.0 Å². The molecule has 8 nitrogen and oxygen atoms in total. The van der Waals surface area contributed by atoms with E-state index >= 15 is 0 Å². The normalized spacial score (nSPS) is 10.1. The maximum absolute atomic E-state index is 12.0. The van der Waals surface area contributed by atoms with Crippen LogP contribution in [0, 0.1) is 17.0 Å². The Morgan fingerprint density at radius 1 is 1.29 bits per heavy atom. The van der Waals surface area contributed by atoms with Gasteiger partial charge in [-0.2, -0.15) is 0 Å². The van der Waals surface area contributed by atoms with Crippen LogP contribution in [0.1, 0.15) is 26.4 Å². The highest BCUT2D eigenvalue weighted by Gasteiger charge is 2.16. The predicted octanol–water partition coefficient (Wildman–Crippen LogP) is 2.18. The minimum absolute atomic E-state index is 0.0156. The van der Waals surface area contributed by atoms with Crippen LogP contribution in [0.3, 0.4) is 0 Å². The zero-order valence-electron chi connectivity index (χ0n) is 10.9. The van der Waals surface area contributed by atoms with Gasteiger partial charge in [0.15, 0.2) is 5.69 Å². The first-order valence-electron chi connectivity index (χ1n) is 5.87. The number of hydrogen-bond acceptors (Lipinski definition) is 4. The first-order chi connectivity index (χ1) is 9.88. The third-order valence-electron chi connectivity index (χ3n) is 2.84. The molecule has 0 spiro atoms. The van der Waals surface area contributed by atoms with Gasteiger partial charge in [0.1, 0.15) is 0 Å². The molecule has 2 aromatic rings. The maximum Gasteiger partial charge on any atom is 0.335 e. The summed E-state index contributed by atoms with van der Waals surface area (Å²) in [5.41, 5.74) is 1.06. The number of carbonyl (C=O) groups is 2. The topological polar surface area (TPSA) is 125 Å². The molecule has 108 valence electrons. The van der Waals surface area contributed by atoms with Crippen molar-refractivity contribution in [2.75, 3.05) is 5.32 Å². The highest BCUT2D eigenvalue weighted by Crippen LogP contribution is 2.18. The Kier molecular flexibility index (Phi) is 3.70. The summed E-state index contributed by atoms with van der Waals surface area (Å²) >= 11 is 0. The van der Waals surface area contributed by atoms with E-state index in [-0.39, 0.29) is 17.1 Å². The van der Waals surface area contributed by atoms with Gasteiger partial charge >= 0.3 is 11.8 Å². The lowest BCUT2D eigenvalue weighted by molar-refractivity contribution is -0.389. The van der Waals surface area contributed by atoms with Crippen LogP contribution < -0.4 is 5.32 Å². The zero-order valence-corrected chi connectivity index (χ0v) is 10.9. The Balaban J connectivity index is 2.24. The van der Waals surface area contributed by atoms with Gasteiger partial charge in [-0.1, -0.05) is 6.07 Å². The lowest BCUT2D eigenvalue weighted by Gasteiger charge is -2.07. The predicted molar refractivity (Wildman–Crippen MR) is 73.5 cm³/mol. The van der Waals surface area contributed by atoms with Crippen LogP contribution in [0.25, 0.3) is 0 Å². The molecule has 21 heavy (non-hydrogen) atoms. The van der Waals surface area contributed by atoms with Crippen LogP contribution in [0.2, 0.25) is 0 Å². The summed E-state index contributed by atoms with van der Waals surface area (Å²) in [6.07, 6.45) is 0. The van der Waals surface area contributed by atoms with Crippen molar-refractivity contribution >= 4 is 23.4 Å². The Morgan fingerprint density at radius 3 is 2.57 bits per heavy atom. The Morgan fingerprint density at radius 2 is 2.00 bits per heavy atom. The molecule has 1 heterocycles. The molecule has 2 rings (SSSR count). The van der Waals surface area contributed by atoms with Crippen molar-refractivity contribution in [3.8, 4) is 0 Å². The van der Waals surface area contributed by atoms with Crippen molar-refractivity contribution in [1.82, 2.24) is 4.98 Å². The second-order valence-corrected chi connectivity index (χ2v) is 4.30. The third kappa shape index (κ3) is 3.06. The molecule has 1 aromatic heterocycles. The van der Waals surface area contributed by atoms with E-state index in [2.05, 4.69) is 10.3 Å². The number of aromatic carboxylic acids is 1. The van der Waals surface area contributed by atoms with Crippen LogP contribution in [0.5, 0.6) is 0 Å². The Labute approximate surface area is 118 Å². The molecule has 1 aromatic carbocycles. The second-order valence-electron chi connectivity index (χ2n) is 4.30. The largest absolute Gasteiger partial charge is 0.478 e. The highest BCUT2D eigenvalue weighted by atomic mass is 16.6. The molecule has 0 saturated carbocycles. The van der Waals surface area contributed by atoms with E-state index in [4.69, 9.17) is 5.11 Å². The van der Waals surface area contributed by atoms with Crippen LogP contribution in [-0.2, 0) is 0 Å². The zero-order chi connectivity index (χ0) is 15.6. The number of H-pyrrole nitrogens is 1. The van der Waals surface area contributed by atoms with Gasteiger partial charge < -0.3 is 20.5 Å². The first kappa shape index (κ1) is 14.3. The minimum Gasteiger partial charge on any atom is -0.478 e. The number of aromatic amines is 1. The number of nitro groups is 1. The molecular weight excluding hydrogens is 278 g/mol. The van der Waals surface area contributed by atoms with Crippen LogP contribution in [0.4, 0.5) is 11.5 Å². The molecule has 0 bridgehead atoms. The quantitative estimate of drug-likeness (QED) is 0.587. The molecule has 0 radical (unpaired) electrons. The summed E-state index contributed by atoms with van der Waals surface area (Å²) in [7, 11) is 0. The van der Waals surface area contributed by atoms with Gasteiger partial charge in [-0.15, -0.1) is 0 Å². The molecular formula is C13H11N3O5. The monoisotopic (exact) mass is 289 g/mol. The van der Waals surface area contributed by atoms with Gasteiger partial charge in [0.05, 0.1) is 5.56 Å². The molecule has 8 heteroatoms. The van der Waals surface area contributed by atoms with Crippen molar-refractivity contribution < 1.29 is 19.6 Å². The summed E-state index contributed by atoms with van der Waals surface area (Å²) in [5, 5.41) is 22.0. The number of anilines is 1. The van der Waals surface area contributed by atoms with E-state index in [0.717, 1.165) is 0 Å². The van der Waals surface area contributed by atoms with Crippen LogP contribution >= 0.6 is 0 Å². The number of nitrogens with zero attached hydrogens (tertiary/aromatic N) is 1. The molecule has 0 fully saturated rings. The number of carboxylic acids is 1. The number of aromatic nitrogens is 1. The summed E-state index contributed by atoms with van der Waals surface area (Å²) in [5.74, 6) is -1.99. The summed E-state index contributed by atoms with van der Waals surface area (Å²) in [4.78, 5) is 35.1. The molecule has 3 N–H and O–H groups in total. The van der Waals surface area contributed by atoms with Gasteiger partial charge in [0.2, 0.25) is 0 Å². The molecule has 0 saturated heterocycles. The number of amides is 1. The summed E-state index contributed by atoms with van der Waals surface area (Å²) in [6.45, 7) is 1.71. The molecule has 0 aliphatic heterocycles. The Bertz CT molecular complexity index is 735. The molecule has 1 amide bonds. The van der Waals surface area contributed by atoms with Gasteiger partial charge in [0, 0.05) is 11.8 Å². The fraction of sp³-hybridized carbons (Fsp3) is 0.0769. The van der Waals surface area contributed by atoms with Crippen LogP contribution in [0.15, 0.2) is 30.3 Å². The number of aryl methyl sites for hydroxylation is 1. The fourth-order valence-electron chi connectivity index (χ4n) is 1.70.